The monoisotopic (exact) mass is 393 g/mol. The molecular formula is C24H24FNO3. The number of fused-ring (bicyclic) bond motifs is 1. The highest BCUT2D eigenvalue weighted by molar-refractivity contribution is 5.96. The van der Waals surface area contributed by atoms with E-state index in [-0.39, 0.29) is 17.8 Å². The summed E-state index contributed by atoms with van der Waals surface area (Å²) in [5.74, 6) is 0.0998. The van der Waals surface area contributed by atoms with E-state index in [9.17, 15) is 14.0 Å². The van der Waals surface area contributed by atoms with Crippen LogP contribution in [0.25, 0.3) is 11.1 Å². The molecule has 2 aliphatic rings. The summed E-state index contributed by atoms with van der Waals surface area (Å²) in [6, 6.07) is 8.31. The van der Waals surface area contributed by atoms with Crippen LogP contribution in [0.3, 0.4) is 0 Å². The van der Waals surface area contributed by atoms with Crippen LogP contribution in [0.4, 0.5) is 4.39 Å². The summed E-state index contributed by atoms with van der Waals surface area (Å²) in [6.45, 7) is 3.82. The Bertz CT molecular complexity index is 1030. The van der Waals surface area contributed by atoms with Crippen molar-refractivity contribution >= 4 is 11.7 Å². The zero-order valence-corrected chi connectivity index (χ0v) is 16.7. The molecule has 1 N–H and O–H groups in total. The summed E-state index contributed by atoms with van der Waals surface area (Å²) in [5, 5.41) is 2.96. The quantitative estimate of drug-likeness (QED) is 0.759. The summed E-state index contributed by atoms with van der Waals surface area (Å²) in [4.78, 5) is 24.0. The van der Waals surface area contributed by atoms with Gasteiger partial charge in [0, 0.05) is 28.7 Å². The number of Topliss-reactive ketones (excluding diaryl/α,β-unsaturated/α-hetero) is 1. The number of amides is 1. The first-order valence-corrected chi connectivity index (χ1v) is 10.0. The fourth-order valence-corrected chi connectivity index (χ4v) is 4.05. The van der Waals surface area contributed by atoms with Crippen LogP contribution < -0.4 is 10.1 Å². The van der Waals surface area contributed by atoms with Crippen molar-refractivity contribution in [2.45, 2.75) is 45.6 Å². The van der Waals surface area contributed by atoms with Crippen LogP contribution in [0, 0.1) is 12.7 Å². The third-order valence-corrected chi connectivity index (χ3v) is 5.53. The predicted molar refractivity (Wildman–Crippen MR) is 110 cm³/mol. The van der Waals surface area contributed by atoms with E-state index in [2.05, 4.69) is 5.32 Å². The number of carbonyl (C=O) groups is 2. The number of halogens is 1. The van der Waals surface area contributed by atoms with Gasteiger partial charge in [-0.25, -0.2) is 4.39 Å². The maximum absolute atomic E-state index is 14.6. The van der Waals surface area contributed by atoms with Gasteiger partial charge in [-0.1, -0.05) is 12.1 Å². The van der Waals surface area contributed by atoms with Gasteiger partial charge in [-0.15, -0.1) is 0 Å². The molecule has 0 saturated heterocycles. The summed E-state index contributed by atoms with van der Waals surface area (Å²) in [7, 11) is 0. The number of rotatable bonds is 5. The van der Waals surface area contributed by atoms with Gasteiger partial charge in [-0.2, -0.15) is 0 Å². The molecule has 0 unspecified atom stereocenters. The van der Waals surface area contributed by atoms with Crippen LogP contribution in [0.5, 0.6) is 5.75 Å². The van der Waals surface area contributed by atoms with E-state index < -0.39 is 5.82 Å². The first-order chi connectivity index (χ1) is 13.9. The SMILES string of the molecule is CC(=O)c1ccc(F)c(-c2cc(C)cc3c2O[C@H](CNC(=O)C2=CCCC2)C3)c1. The zero-order chi connectivity index (χ0) is 20.5. The minimum absolute atomic E-state index is 0.0290. The number of ketones is 1. The Morgan fingerprint density at radius 2 is 2.03 bits per heavy atom. The van der Waals surface area contributed by atoms with Gasteiger partial charge in [0.2, 0.25) is 5.91 Å². The lowest BCUT2D eigenvalue weighted by Crippen LogP contribution is -2.35. The van der Waals surface area contributed by atoms with Crippen LogP contribution in [0.15, 0.2) is 42.0 Å². The molecule has 0 spiro atoms. The standard InChI is InChI=1S/C24H24FNO3/c1-14-9-18-11-19(13-26-24(28)16-5-3-4-6-16)29-23(18)21(10-14)20-12-17(15(2)27)7-8-22(20)25/h5,7-10,12,19H,3-4,6,11,13H2,1-2H3,(H,26,28)/t19-/m0/s1. The number of benzene rings is 2. The lowest BCUT2D eigenvalue weighted by atomic mass is 9.95. The molecule has 0 aromatic heterocycles. The second-order valence-corrected chi connectivity index (χ2v) is 7.83. The lowest BCUT2D eigenvalue weighted by Gasteiger charge is -2.15. The number of aryl methyl sites for hydroxylation is 1. The minimum atomic E-state index is -0.392. The molecule has 0 fully saturated rings. The van der Waals surface area contributed by atoms with Crippen molar-refractivity contribution in [3.63, 3.8) is 0 Å². The molecular weight excluding hydrogens is 369 g/mol. The van der Waals surface area contributed by atoms with Crippen molar-refractivity contribution in [3.05, 3.63) is 64.5 Å². The third-order valence-electron chi connectivity index (χ3n) is 5.53. The maximum Gasteiger partial charge on any atom is 0.247 e. The van der Waals surface area contributed by atoms with E-state index in [1.54, 1.807) is 6.07 Å². The molecule has 4 rings (SSSR count). The Morgan fingerprint density at radius 1 is 1.21 bits per heavy atom. The normalized spacial score (nSPS) is 17.5. The summed E-state index contributed by atoms with van der Waals surface area (Å²) >= 11 is 0. The molecule has 0 saturated carbocycles. The molecule has 2 aromatic carbocycles. The number of nitrogens with one attached hydrogen (secondary N) is 1. The average Bonchev–Trinajstić information content (AvgIpc) is 3.35. The topological polar surface area (TPSA) is 55.4 Å². The van der Waals surface area contributed by atoms with E-state index in [0.717, 1.165) is 36.0 Å². The Hall–Kier alpha value is -2.95. The van der Waals surface area contributed by atoms with Crippen molar-refractivity contribution in [1.29, 1.82) is 0 Å². The largest absolute Gasteiger partial charge is 0.487 e. The van der Waals surface area contributed by atoms with Gasteiger partial charge in [-0.3, -0.25) is 9.59 Å². The van der Waals surface area contributed by atoms with Crippen LogP contribution in [0.2, 0.25) is 0 Å². The van der Waals surface area contributed by atoms with Crippen LogP contribution in [-0.2, 0) is 11.2 Å². The van der Waals surface area contributed by atoms with Gasteiger partial charge in [0.1, 0.15) is 17.7 Å². The Labute approximate surface area is 169 Å². The van der Waals surface area contributed by atoms with Crippen molar-refractivity contribution in [2.75, 3.05) is 6.54 Å². The van der Waals surface area contributed by atoms with Crippen LogP contribution in [0.1, 0.15) is 47.7 Å². The summed E-state index contributed by atoms with van der Waals surface area (Å²) in [6.07, 6.45) is 5.26. The molecule has 2 aromatic rings. The number of hydrogen-bond acceptors (Lipinski definition) is 3. The molecule has 1 atom stereocenters. The van der Waals surface area contributed by atoms with Gasteiger partial charge >= 0.3 is 0 Å². The highest BCUT2D eigenvalue weighted by atomic mass is 19.1. The first-order valence-electron chi connectivity index (χ1n) is 10.0. The number of hydrogen-bond donors (Lipinski definition) is 1. The van der Waals surface area contributed by atoms with Crippen LogP contribution >= 0.6 is 0 Å². The number of ether oxygens (including phenoxy) is 1. The Morgan fingerprint density at radius 3 is 2.76 bits per heavy atom. The van der Waals surface area contributed by atoms with Crippen molar-refractivity contribution in [2.24, 2.45) is 0 Å². The van der Waals surface area contributed by atoms with Crippen molar-refractivity contribution in [3.8, 4) is 16.9 Å². The zero-order valence-electron chi connectivity index (χ0n) is 16.7. The van der Waals surface area contributed by atoms with E-state index in [1.165, 1.54) is 19.1 Å². The molecule has 4 nitrogen and oxygen atoms in total. The molecule has 29 heavy (non-hydrogen) atoms. The molecule has 1 aliphatic carbocycles. The fourth-order valence-electron chi connectivity index (χ4n) is 4.05. The maximum atomic E-state index is 14.6. The fraction of sp³-hybridized carbons (Fsp3) is 0.333. The summed E-state index contributed by atoms with van der Waals surface area (Å²) < 4.78 is 20.7. The van der Waals surface area contributed by atoms with E-state index >= 15 is 0 Å². The first kappa shape index (κ1) is 19.4. The third kappa shape index (κ3) is 3.95. The molecule has 0 radical (unpaired) electrons. The van der Waals surface area contributed by atoms with E-state index in [0.29, 0.717) is 35.4 Å². The highest BCUT2D eigenvalue weighted by Gasteiger charge is 2.28. The smallest absolute Gasteiger partial charge is 0.247 e. The molecule has 5 heteroatoms. The molecule has 1 aliphatic heterocycles. The van der Waals surface area contributed by atoms with Crippen molar-refractivity contribution in [1.82, 2.24) is 5.32 Å². The highest BCUT2D eigenvalue weighted by Crippen LogP contribution is 2.41. The predicted octanol–water partition coefficient (Wildman–Crippen LogP) is 4.53. The average molecular weight is 393 g/mol. The Balaban J connectivity index is 1.58. The van der Waals surface area contributed by atoms with Gasteiger partial charge in [0.25, 0.3) is 0 Å². The lowest BCUT2D eigenvalue weighted by molar-refractivity contribution is -0.117. The Kier molecular flexibility index (Phi) is 5.22. The van der Waals surface area contributed by atoms with Gasteiger partial charge in [-0.05, 0) is 68.5 Å². The molecule has 1 amide bonds. The van der Waals surface area contributed by atoms with E-state index in [4.69, 9.17) is 4.74 Å². The molecule has 1 heterocycles. The van der Waals surface area contributed by atoms with Gasteiger partial charge in [0.05, 0.1) is 6.54 Å². The van der Waals surface area contributed by atoms with Gasteiger partial charge in [0.15, 0.2) is 5.78 Å². The number of allylic oxidation sites excluding steroid dienone is 1. The van der Waals surface area contributed by atoms with E-state index in [1.807, 2.05) is 25.1 Å². The van der Waals surface area contributed by atoms with Crippen LogP contribution in [-0.4, -0.2) is 24.3 Å². The second-order valence-electron chi connectivity index (χ2n) is 7.83. The van der Waals surface area contributed by atoms with Gasteiger partial charge < -0.3 is 10.1 Å². The minimum Gasteiger partial charge on any atom is -0.487 e. The second kappa shape index (κ2) is 7.82. The molecule has 0 bridgehead atoms. The van der Waals surface area contributed by atoms with Crippen molar-refractivity contribution < 1.29 is 18.7 Å². The molecule has 150 valence electrons. The number of carbonyl (C=O) groups excluding carboxylic acids is 2. The summed E-state index contributed by atoms with van der Waals surface area (Å²) in [5.41, 5.74) is 4.30.